The summed E-state index contributed by atoms with van der Waals surface area (Å²) in [5, 5.41) is 2.72. The van der Waals surface area contributed by atoms with E-state index in [1.807, 2.05) is 25.2 Å². The first-order valence-electron chi connectivity index (χ1n) is 5.05. The van der Waals surface area contributed by atoms with E-state index in [1.54, 1.807) is 0 Å². The predicted molar refractivity (Wildman–Crippen MR) is 64.6 cm³/mol. The molecule has 0 saturated carbocycles. The van der Waals surface area contributed by atoms with Gasteiger partial charge < -0.3 is 15.0 Å². The quantitative estimate of drug-likeness (QED) is 0.800. The molecule has 1 heterocycles. The van der Waals surface area contributed by atoms with Crippen LogP contribution in [-0.2, 0) is 4.79 Å². The van der Waals surface area contributed by atoms with Crippen LogP contribution in [0.25, 0.3) is 0 Å². The van der Waals surface area contributed by atoms with Crippen molar-refractivity contribution >= 4 is 28.9 Å². The van der Waals surface area contributed by atoms with Gasteiger partial charge in [-0.05, 0) is 12.1 Å². The van der Waals surface area contributed by atoms with Crippen molar-refractivity contribution in [3.05, 3.63) is 18.2 Å². The Morgan fingerprint density at radius 3 is 3.19 bits per heavy atom. The van der Waals surface area contributed by atoms with Crippen molar-refractivity contribution in [2.75, 3.05) is 36.3 Å². The average Bonchev–Trinajstić information content (AvgIpc) is 2.30. The van der Waals surface area contributed by atoms with E-state index in [0.717, 1.165) is 18.0 Å². The minimum atomic E-state index is -0.230. The zero-order chi connectivity index (χ0) is 11.5. The highest BCUT2D eigenvalue weighted by molar-refractivity contribution is 6.29. The van der Waals surface area contributed by atoms with Crippen molar-refractivity contribution in [2.24, 2.45) is 0 Å². The molecule has 0 saturated heterocycles. The normalized spacial score (nSPS) is 14.0. The summed E-state index contributed by atoms with van der Waals surface area (Å²) in [5.41, 5.74) is 1.66. The van der Waals surface area contributed by atoms with Crippen LogP contribution in [0.2, 0.25) is 0 Å². The molecule has 4 nitrogen and oxygen atoms in total. The lowest BCUT2D eigenvalue weighted by Gasteiger charge is -2.29. The Kier molecular flexibility index (Phi) is 3.19. The zero-order valence-electron chi connectivity index (χ0n) is 9.00. The van der Waals surface area contributed by atoms with Gasteiger partial charge in [0, 0.05) is 7.05 Å². The number of ether oxygens (including phenoxy) is 1. The summed E-state index contributed by atoms with van der Waals surface area (Å²) in [4.78, 5) is 13.3. The minimum Gasteiger partial charge on any atom is -0.487 e. The maximum atomic E-state index is 11.2. The summed E-state index contributed by atoms with van der Waals surface area (Å²) in [6.45, 7) is 1.47. The van der Waals surface area contributed by atoms with Crippen molar-refractivity contribution < 1.29 is 9.53 Å². The molecular weight excluding hydrogens is 228 g/mol. The number of alkyl halides is 1. The van der Waals surface area contributed by atoms with Crippen molar-refractivity contribution in [3.63, 3.8) is 0 Å². The largest absolute Gasteiger partial charge is 0.487 e. The van der Waals surface area contributed by atoms with Gasteiger partial charge in [0.05, 0.1) is 17.9 Å². The van der Waals surface area contributed by atoms with Gasteiger partial charge in [0.15, 0.2) is 5.75 Å². The van der Waals surface area contributed by atoms with E-state index < -0.39 is 0 Å². The van der Waals surface area contributed by atoms with Gasteiger partial charge in [-0.2, -0.15) is 0 Å². The molecule has 1 aliphatic heterocycles. The standard InChI is InChI=1S/C11H13ClN2O2/c1-14-5-6-16-11-8(13-10(15)7-12)3-2-4-9(11)14/h2-4H,5-7H2,1H3,(H,13,15). The second kappa shape index (κ2) is 4.61. The number of halogens is 1. The highest BCUT2D eigenvalue weighted by atomic mass is 35.5. The number of nitrogens with zero attached hydrogens (tertiary/aromatic N) is 1. The minimum absolute atomic E-state index is 0.0560. The second-order valence-corrected chi connectivity index (χ2v) is 3.87. The number of hydrogen-bond acceptors (Lipinski definition) is 3. The monoisotopic (exact) mass is 240 g/mol. The first-order chi connectivity index (χ1) is 7.72. The highest BCUT2D eigenvalue weighted by Crippen LogP contribution is 2.37. The van der Waals surface area contributed by atoms with E-state index in [-0.39, 0.29) is 11.8 Å². The van der Waals surface area contributed by atoms with E-state index in [1.165, 1.54) is 0 Å². The number of hydrogen-bond donors (Lipinski definition) is 1. The number of amides is 1. The third kappa shape index (κ3) is 2.07. The molecule has 0 aromatic heterocycles. The smallest absolute Gasteiger partial charge is 0.239 e. The summed E-state index contributed by atoms with van der Waals surface area (Å²) < 4.78 is 5.57. The van der Waals surface area contributed by atoms with Crippen LogP contribution >= 0.6 is 11.6 Å². The molecule has 0 aliphatic carbocycles. The molecule has 0 bridgehead atoms. The molecular formula is C11H13ClN2O2. The van der Waals surface area contributed by atoms with Gasteiger partial charge in [-0.3, -0.25) is 4.79 Å². The average molecular weight is 241 g/mol. The van der Waals surface area contributed by atoms with E-state index in [9.17, 15) is 4.79 Å². The number of likely N-dealkylation sites (N-methyl/N-ethyl adjacent to an activating group) is 1. The Morgan fingerprint density at radius 2 is 2.44 bits per heavy atom. The van der Waals surface area contributed by atoms with Crippen LogP contribution in [0, 0.1) is 0 Å². The van der Waals surface area contributed by atoms with E-state index in [2.05, 4.69) is 10.2 Å². The Bertz CT molecular complexity index is 409. The molecule has 1 aliphatic rings. The lowest BCUT2D eigenvalue weighted by Crippen LogP contribution is -2.29. The van der Waals surface area contributed by atoms with E-state index >= 15 is 0 Å². The lowest BCUT2D eigenvalue weighted by molar-refractivity contribution is -0.113. The number of rotatable bonds is 2. The lowest BCUT2D eigenvalue weighted by atomic mass is 10.2. The number of carbonyl (C=O) groups is 1. The number of carbonyl (C=O) groups excluding carboxylic acids is 1. The molecule has 5 heteroatoms. The molecule has 0 radical (unpaired) electrons. The van der Waals surface area contributed by atoms with Crippen LogP contribution in [0.1, 0.15) is 0 Å². The van der Waals surface area contributed by atoms with Crippen molar-refractivity contribution in [3.8, 4) is 5.75 Å². The van der Waals surface area contributed by atoms with Crippen LogP contribution in [0.4, 0.5) is 11.4 Å². The molecule has 0 fully saturated rings. The third-order valence-electron chi connectivity index (χ3n) is 2.47. The van der Waals surface area contributed by atoms with Crippen LogP contribution in [0.5, 0.6) is 5.75 Å². The first-order valence-corrected chi connectivity index (χ1v) is 5.58. The number of para-hydroxylation sites is 1. The molecule has 0 spiro atoms. The predicted octanol–water partition coefficient (Wildman–Crippen LogP) is 1.69. The zero-order valence-corrected chi connectivity index (χ0v) is 9.75. The van der Waals surface area contributed by atoms with Gasteiger partial charge in [-0.25, -0.2) is 0 Å². The van der Waals surface area contributed by atoms with Gasteiger partial charge in [0.1, 0.15) is 12.5 Å². The number of fused-ring (bicyclic) bond motifs is 1. The molecule has 1 aromatic carbocycles. The SMILES string of the molecule is CN1CCOc2c(NC(=O)CCl)cccc21. The topological polar surface area (TPSA) is 41.6 Å². The fourth-order valence-electron chi connectivity index (χ4n) is 1.66. The Labute approximate surface area is 99.1 Å². The third-order valence-corrected chi connectivity index (χ3v) is 2.72. The first kappa shape index (κ1) is 11.1. The van der Waals surface area contributed by atoms with Crippen LogP contribution < -0.4 is 15.0 Å². The molecule has 16 heavy (non-hydrogen) atoms. The van der Waals surface area contributed by atoms with Crippen LogP contribution in [0.15, 0.2) is 18.2 Å². The van der Waals surface area contributed by atoms with Gasteiger partial charge in [-0.1, -0.05) is 6.07 Å². The van der Waals surface area contributed by atoms with Crippen molar-refractivity contribution in [1.29, 1.82) is 0 Å². The Morgan fingerprint density at radius 1 is 1.62 bits per heavy atom. The van der Waals surface area contributed by atoms with Gasteiger partial charge in [0.2, 0.25) is 5.91 Å². The van der Waals surface area contributed by atoms with Gasteiger partial charge >= 0.3 is 0 Å². The maximum Gasteiger partial charge on any atom is 0.239 e. The van der Waals surface area contributed by atoms with Crippen LogP contribution in [-0.4, -0.2) is 32.0 Å². The maximum absolute atomic E-state index is 11.2. The number of benzene rings is 1. The van der Waals surface area contributed by atoms with E-state index in [4.69, 9.17) is 16.3 Å². The molecule has 0 unspecified atom stereocenters. The van der Waals surface area contributed by atoms with Crippen molar-refractivity contribution in [2.45, 2.75) is 0 Å². The molecule has 1 aromatic rings. The summed E-state index contributed by atoms with van der Waals surface area (Å²) >= 11 is 5.45. The number of anilines is 2. The summed E-state index contributed by atoms with van der Waals surface area (Å²) in [7, 11) is 1.99. The second-order valence-electron chi connectivity index (χ2n) is 3.61. The van der Waals surface area contributed by atoms with Crippen LogP contribution in [0.3, 0.4) is 0 Å². The fraction of sp³-hybridized carbons (Fsp3) is 0.364. The highest BCUT2D eigenvalue weighted by Gasteiger charge is 2.18. The van der Waals surface area contributed by atoms with E-state index in [0.29, 0.717) is 12.3 Å². The van der Waals surface area contributed by atoms with Gasteiger partial charge in [-0.15, -0.1) is 11.6 Å². The molecule has 0 atom stereocenters. The fourth-order valence-corrected chi connectivity index (χ4v) is 1.73. The summed E-state index contributed by atoms with van der Waals surface area (Å²) in [6, 6.07) is 5.65. The molecule has 1 amide bonds. The molecule has 86 valence electrons. The van der Waals surface area contributed by atoms with Gasteiger partial charge in [0.25, 0.3) is 0 Å². The summed E-state index contributed by atoms with van der Waals surface area (Å²) in [6.07, 6.45) is 0. The number of nitrogens with one attached hydrogen (secondary N) is 1. The Hall–Kier alpha value is -1.42. The van der Waals surface area contributed by atoms with Crippen molar-refractivity contribution in [1.82, 2.24) is 0 Å². The Balaban J connectivity index is 2.32. The molecule has 2 rings (SSSR count). The summed E-state index contributed by atoms with van der Waals surface area (Å²) in [5.74, 6) is 0.432. The molecule has 1 N–H and O–H groups in total.